The number of aliphatic carboxylic acids is 1. The molecule has 0 spiro atoms. The molecule has 0 radical (unpaired) electrons. The molecule has 0 aromatic heterocycles. The molecule has 0 aromatic rings. The molecule has 1 rings (SSSR count). The van der Waals surface area contributed by atoms with Gasteiger partial charge < -0.3 is 17.5 Å². The summed E-state index contributed by atoms with van der Waals surface area (Å²) >= 11 is 0. The van der Waals surface area contributed by atoms with Crippen LogP contribution >= 0.6 is 0 Å². The Morgan fingerprint density at radius 2 is 2.25 bits per heavy atom. The number of likely N-dealkylation sites (N-methyl/N-ethyl adjacent to an activating group) is 1. The van der Waals surface area contributed by atoms with E-state index in [0.717, 1.165) is 43.4 Å². The lowest BCUT2D eigenvalue weighted by atomic mass is 9.99. The number of nitrogens with zero attached hydrogens (tertiary/aromatic N) is 2. The van der Waals surface area contributed by atoms with Crippen molar-refractivity contribution >= 4 is 12.3 Å². The standard InChI is InChI=1S/C11H20N2O2.ClH/c1-3-4-10(11(14)15)5-7-13(2)8-6-12-9-13;/h9-10H,3-8H2,1-2H3;1H. The van der Waals surface area contributed by atoms with Crippen LogP contribution in [0.5, 0.6) is 0 Å². The van der Waals surface area contributed by atoms with Crippen molar-refractivity contribution in [3.8, 4) is 0 Å². The number of rotatable bonds is 6. The number of hydrogen-bond donors (Lipinski definition) is 1. The van der Waals surface area contributed by atoms with Gasteiger partial charge in [-0.1, -0.05) is 13.3 Å². The van der Waals surface area contributed by atoms with Crippen molar-refractivity contribution in [3.05, 3.63) is 0 Å². The molecule has 1 aliphatic heterocycles. The number of hydrogen-bond acceptors (Lipinski definition) is 2. The predicted octanol–water partition coefficient (Wildman–Crippen LogP) is -1.63. The highest BCUT2D eigenvalue weighted by molar-refractivity contribution is 5.69. The SMILES string of the molecule is CCCC(CC[N+]1(C)C=NCC1)C(=O)O.[Cl-]. The van der Waals surface area contributed by atoms with Gasteiger partial charge >= 0.3 is 5.97 Å². The minimum Gasteiger partial charge on any atom is -1.00 e. The third-order valence-electron chi connectivity index (χ3n) is 3.08. The number of carboxylic acids is 1. The van der Waals surface area contributed by atoms with E-state index in [1.165, 1.54) is 0 Å². The average Bonchev–Trinajstić information content (AvgIpc) is 2.60. The molecule has 0 saturated carbocycles. The van der Waals surface area contributed by atoms with Gasteiger partial charge in [0, 0.05) is 6.42 Å². The Morgan fingerprint density at radius 3 is 2.69 bits per heavy atom. The summed E-state index contributed by atoms with van der Waals surface area (Å²) in [4.78, 5) is 15.2. The second-order valence-corrected chi connectivity index (χ2v) is 4.56. The zero-order valence-corrected chi connectivity index (χ0v) is 10.8. The molecule has 2 atom stereocenters. The summed E-state index contributed by atoms with van der Waals surface area (Å²) in [5.41, 5.74) is 0. The Morgan fingerprint density at radius 1 is 1.56 bits per heavy atom. The minimum absolute atomic E-state index is 0. The molecule has 0 bridgehead atoms. The van der Waals surface area contributed by atoms with E-state index in [1.54, 1.807) is 0 Å². The highest BCUT2D eigenvalue weighted by Gasteiger charge is 2.26. The van der Waals surface area contributed by atoms with Crippen LogP contribution in [0.25, 0.3) is 0 Å². The van der Waals surface area contributed by atoms with Gasteiger partial charge in [0.2, 0.25) is 0 Å². The maximum absolute atomic E-state index is 11.0. The summed E-state index contributed by atoms with van der Waals surface area (Å²) in [7, 11) is 2.11. The average molecular weight is 249 g/mol. The molecule has 1 N–H and O–H groups in total. The van der Waals surface area contributed by atoms with Gasteiger partial charge in [-0.05, 0) is 6.42 Å². The summed E-state index contributed by atoms with van der Waals surface area (Å²) in [6.45, 7) is 4.81. The molecule has 5 heteroatoms. The second-order valence-electron chi connectivity index (χ2n) is 4.56. The zero-order valence-electron chi connectivity index (χ0n) is 10.0. The van der Waals surface area contributed by atoms with Gasteiger partial charge in [0.15, 0.2) is 6.34 Å². The van der Waals surface area contributed by atoms with Gasteiger partial charge in [-0.25, -0.2) is 4.99 Å². The van der Waals surface area contributed by atoms with E-state index in [9.17, 15) is 4.79 Å². The Hall–Kier alpha value is -0.610. The first-order valence-electron chi connectivity index (χ1n) is 5.65. The quantitative estimate of drug-likeness (QED) is 0.574. The first-order valence-corrected chi connectivity index (χ1v) is 5.65. The van der Waals surface area contributed by atoms with E-state index in [2.05, 4.69) is 12.0 Å². The van der Waals surface area contributed by atoms with Crippen LogP contribution < -0.4 is 12.4 Å². The van der Waals surface area contributed by atoms with Crippen molar-refractivity contribution in [3.63, 3.8) is 0 Å². The van der Waals surface area contributed by atoms with E-state index < -0.39 is 5.97 Å². The first-order chi connectivity index (χ1) is 7.07. The van der Waals surface area contributed by atoms with Crippen LogP contribution in [0, 0.1) is 5.92 Å². The molecule has 0 aromatic carbocycles. The molecule has 16 heavy (non-hydrogen) atoms. The lowest BCUT2D eigenvalue weighted by Gasteiger charge is -2.26. The maximum atomic E-state index is 11.0. The lowest BCUT2D eigenvalue weighted by molar-refractivity contribution is -0.807. The third-order valence-corrected chi connectivity index (χ3v) is 3.08. The van der Waals surface area contributed by atoms with E-state index in [-0.39, 0.29) is 18.3 Å². The summed E-state index contributed by atoms with van der Waals surface area (Å²) in [5.74, 6) is -0.835. The summed E-state index contributed by atoms with van der Waals surface area (Å²) in [6.07, 6.45) is 4.43. The number of aliphatic imine (C=N–C) groups is 1. The maximum Gasteiger partial charge on any atom is 0.306 e. The molecule has 94 valence electrons. The molecular weight excluding hydrogens is 228 g/mol. The fraction of sp³-hybridized carbons (Fsp3) is 0.818. The second kappa shape index (κ2) is 6.86. The van der Waals surface area contributed by atoms with Gasteiger partial charge in [0.05, 0.1) is 26.1 Å². The van der Waals surface area contributed by atoms with Crippen LogP contribution in [0.3, 0.4) is 0 Å². The van der Waals surface area contributed by atoms with Gasteiger partial charge in [-0.15, -0.1) is 0 Å². The molecule has 1 aliphatic rings. The lowest BCUT2D eigenvalue weighted by Crippen LogP contribution is -3.00. The molecule has 1 heterocycles. The Bertz CT molecular complexity index is 258. The summed E-state index contributed by atoms with van der Waals surface area (Å²) < 4.78 is 0.799. The highest BCUT2D eigenvalue weighted by atomic mass is 35.5. The zero-order chi connectivity index (χ0) is 11.3. The fourth-order valence-electron chi connectivity index (χ4n) is 1.96. The molecule has 4 nitrogen and oxygen atoms in total. The monoisotopic (exact) mass is 248 g/mol. The summed E-state index contributed by atoms with van der Waals surface area (Å²) in [6, 6.07) is 0. The number of quaternary nitrogens is 1. The molecule has 0 aliphatic carbocycles. The molecule has 0 saturated heterocycles. The summed E-state index contributed by atoms with van der Waals surface area (Å²) in [5, 5.41) is 9.02. The van der Waals surface area contributed by atoms with Crippen molar-refractivity contribution in [2.75, 3.05) is 26.7 Å². The molecule has 2 unspecified atom stereocenters. The van der Waals surface area contributed by atoms with Crippen LogP contribution in [-0.4, -0.2) is 48.6 Å². The number of carboxylic acid groups (broad SMARTS) is 1. The van der Waals surface area contributed by atoms with Crippen LogP contribution in [0.1, 0.15) is 26.2 Å². The number of carbonyl (C=O) groups is 1. The van der Waals surface area contributed by atoms with Crippen molar-refractivity contribution in [1.29, 1.82) is 0 Å². The van der Waals surface area contributed by atoms with Crippen LogP contribution in [0.2, 0.25) is 0 Å². The fourth-order valence-corrected chi connectivity index (χ4v) is 1.96. The van der Waals surface area contributed by atoms with Gasteiger partial charge in [0.1, 0.15) is 6.54 Å². The van der Waals surface area contributed by atoms with E-state index >= 15 is 0 Å². The Labute approximate surface area is 103 Å². The minimum atomic E-state index is -0.653. The third kappa shape index (κ3) is 4.49. The molecular formula is C11H21ClN2O2. The van der Waals surface area contributed by atoms with Gasteiger partial charge in [0.25, 0.3) is 0 Å². The van der Waals surface area contributed by atoms with Crippen LogP contribution in [0.4, 0.5) is 0 Å². The Kier molecular flexibility index (Phi) is 6.60. The predicted molar refractivity (Wildman–Crippen MR) is 59.9 cm³/mol. The topological polar surface area (TPSA) is 49.7 Å². The highest BCUT2D eigenvalue weighted by Crippen LogP contribution is 2.15. The first kappa shape index (κ1) is 15.4. The van der Waals surface area contributed by atoms with Gasteiger partial charge in [-0.2, -0.15) is 0 Å². The van der Waals surface area contributed by atoms with E-state index in [4.69, 9.17) is 5.11 Å². The number of halogens is 1. The van der Waals surface area contributed by atoms with Crippen molar-refractivity contribution in [2.45, 2.75) is 26.2 Å². The van der Waals surface area contributed by atoms with Gasteiger partial charge in [-0.3, -0.25) is 9.28 Å². The normalized spacial score (nSPS) is 25.1. The van der Waals surface area contributed by atoms with E-state index in [1.807, 2.05) is 13.3 Å². The van der Waals surface area contributed by atoms with Crippen molar-refractivity contribution < 1.29 is 26.8 Å². The van der Waals surface area contributed by atoms with E-state index in [0.29, 0.717) is 0 Å². The van der Waals surface area contributed by atoms with Crippen molar-refractivity contribution in [2.24, 2.45) is 10.9 Å². The van der Waals surface area contributed by atoms with Crippen molar-refractivity contribution in [1.82, 2.24) is 0 Å². The molecule has 0 fully saturated rings. The van der Waals surface area contributed by atoms with Crippen LogP contribution in [0.15, 0.2) is 4.99 Å². The largest absolute Gasteiger partial charge is 1.00 e. The Balaban J connectivity index is 0.00000225. The van der Waals surface area contributed by atoms with Crippen LogP contribution in [-0.2, 0) is 4.79 Å². The molecule has 0 amide bonds. The smallest absolute Gasteiger partial charge is 0.306 e.